The number of hydrogen-bond donors (Lipinski definition) is 1. The first-order valence-electron chi connectivity index (χ1n) is 9.35. The first-order chi connectivity index (χ1) is 13.7. The molecular weight excluding hydrogens is 352 g/mol. The molecule has 0 aliphatic heterocycles. The molecule has 0 atom stereocenters. The number of benzene rings is 2. The van der Waals surface area contributed by atoms with E-state index in [2.05, 4.69) is 27.3 Å². The van der Waals surface area contributed by atoms with Crippen LogP contribution in [-0.4, -0.2) is 39.6 Å². The SMILES string of the molecule is CN(CCc1cn[nH]c1)C(=O)c1ccc2oc(CCc3ccccc3)nc2c1. The Kier molecular flexibility index (Phi) is 5.19. The number of carbonyl (C=O) groups excluding carboxylic acids is 1. The number of amides is 1. The maximum Gasteiger partial charge on any atom is 0.253 e. The van der Waals surface area contributed by atoms with E-state index >= 15 is 0 Å². The number of nitrogens with one attached hydrogen (secondary N) is 1. The summed E-state index contributed by atoms with van der Waals surface area (Å²) in [6, 6.07) is 15.7. The minimum atomic E-state index is -0.0285. The Morgan fingerprint density at radius 2 is 1.93 bits per heavy atom. The smallest absolute Gasteiger partial charge is 0.253 e. The molecule has 0 aliphatic carbocycles. The summed E-state index contributed by atoms with van der Waals surface area (Å²) in [4.78, 5) is 19.0. The van der Waals surface area contributed by atoms with Gasteiger partial charge in [-0.1, -0.05) is 30.3 Å². The fraction of sp³-hybridized carbons (Fsp3) is 0.227. The van der Waals surface area contributed by atoms with Gasteiger partial charge in [0.2, 0.25) is 0 Å². The lowest BCUT2D eigenvalue weighted by molar-refractivity contribution is 0.0797. The molecule has 1 N–H and O–H groups in total. The van der Waals surface area contributed by atoms with E-state index < -0.39 is 0 Å². The average molecular weight is 374 g/mol. The maximum atomic E-state index is 12.7. The van der Waals surface area contributed by atoms with Gasteiger partial charge in [0.15, 0.2) is 11.5 Å². The molecule has 0 bridgehead atoms. The van der Waals surface area contributed by atoms with E-state index in [1.165, 1.54) is 5.56 Å². The monoisotopic (exact) mass is 374 g/mol. The zero-order valence-corrected chi connectivity index (χ0v) is 15.8. The molecule has 0 saturated heterocycles. The van der Waals surface area contributed by atoms with Crippen LogP contribution in [0.1, 0.15) is 27.4 Å². The van der Waals surface area contributed by atoms with Crippen molar-refractivity contribution in [1.82, 2.24) is 20.1 Å². The van der Waals surface area contributed by atoms with Crippen molar-refractivity contribution in [3.63, 3.8) is 0 Å². The second kappa shape index (κ2) is 8.08. The number of hydrogen-bond acceptors (Lipinski definition) is 4. The van der Waals surface area contributed by atoms with Gasteiger partial charge in [-0.15, -0.1) is 0 Å². The fourth-order valence-corrected chi connectivity index (χ4v) is 3.14. The van der Waals surface area contributed by atoms with Crippen molar-refractivity contribution in [3.8, 4) is 0 Å². The first-order valence-corrected chi connectivity index (χ1v) is 9.35. The van der Waals surface area contributed by atoms with Crippen LogP contribution >= 0.6 is 0 Å². The summed E-state index contributed by atoms with van der Waals surface area (Å²) in [6.07, 6.45) is 5.98. The highest BCUT2D eigenvalue weighted by Crippen LogP contribution is 2.19. The third-order valence-electron chi connectivity index (χ3n) is 4.79. The van der Waals surface area contributed by atoms with Gasteiger partial charge in [0.1, 0.15) is 5.52 Å². The van der Waals surface area contributed by atoms with Crippen LogP contribution in [0.5, 0.6) is 0 Å². The highest BCUT2D eigenvalue weighted by atomic mass is 16.3. The number of nitrogens with zero attached hydrogens (tertiary/aromatic N) is 3. The number of carbonyl (C=O) groups is 1. The minimum Gasteiger partial charge on any atom is -0.441 e. The van der Waals surface area contributed by atoms with Crippen LogP contribution in [-0.2, 0) is 19.3 Å². The fourth-order valence-electron chi connectivity index (χ4n) is 3.14. The molecule has 0 saturated carbocycles. The van der Waals surface area contributed by atoms with Crippen molar-refractivity contribution in [2.45, 2.75) is 19.3 Å². The van der Waals surface area contributed by atoms with E-state index in [1.807, 2.05) is 36.5 Å². The van der Waals surface area contributed by atoms with Gasteiger partial charge in [0.05, 0.1) is 6.20 Å². The van der Waals surface area contributed by atoms with E-state index in [0.717, 1.165) is 30.3 Å². The van der Waals surface area contributed by atoms with Crippen LogP contribution in [0.2, 0.25) is 0 Å². The van der Waals surface area contributed by atoms with Crippen LogP contribution < -0.4 is 0 Å². The number of aromatic nitrogens is 3. The summed E-state index contributed by atoms with van der Waals surface area (Å²) in [5, 5.41) is 6.71. The second-order valence-electron chi connectivity index (χ2n) is 6.86. The lowest BCUT2D eigenvalue weighted by Gasteiger charge is -2.16. The van der Waals surface area contributed by atoms with Gasteiger partial charge in [0.25, 0.3) is 5.91 Å². The summed E-state index contributed by atoms with van der Waals surface area (Å²) in [5.74, 6) is 0.663. The molecule has 1 amide bonds. The first kappa shape index (κ1) is 18.0. The molecule has 4 aromatic rings. The number of rotatable bonds is 7. The number of likely N-dealkylation sites (N-methyl/N-ethyl adjacent to an activating group) is 1. The summed E-state index contributed by atoms with van der Waals surface area (Å²) in [6.45, 7) is 0.623. The molecule has 28 heavy (non-hydrogen) atoms. The number of aryl methyl sites for hydroxylation is 2. The Labute approximate surface area is 163 Å². The summed E-state index contributed by atoms with van der Waals surface area (Å²) < 4.78 is 5.84. The largest absolute Gasteiger partial charge is 0.441 e. The topological polar surface area (TPSA) is 75.0 Å². The summed E-state index contributed by atoms with van der Waals surface area (Å²) in [7, 11) is 1.81. The van der Waals surface area contributed by atoms with Crippen molar-refractivity contribution in [2.24, 2.45) is 0 Å². The molecular formula is C22H22N4O2. The van der Waals surface area contributed by atoms with Crippen molar-refractivity contribution in [1.29, 1.82) is 0 Å². The van der Waals surface area contributed by atoms with Crippen LogP contribution in [0.4, 0.5) is 0 Å². The van der Waals surface area contributed by atoms with Crippen LogP contribution in [0, 0.1) is 0 Å². The van der Waals surface area contributed by atoms with Gasteiger partial charge in [-0.3, -0.25) is 9.89 Å². The number of fused-ring (bicyclic) bond motifs is 1. The third kappa shape index (κ3) is 4.11. The van der Waals surface area contributed by atoms with E-state index in [4.69, 9.17) is 4.42 Å². The molecule has 0 spiro atoms. The predicted octanol–water partition coefficient (Wildman–Crippen LogP) is 3.65. The molecule has 2 aromatic carbocycles. The number of oxazole rings is 1. The average Bonchev–Trinajstić information content (AvgIpc) is 3.39. The minimum absolute atomic E-state index is 0.0285. The van der Waals surface area contributed by atoms with Gasteiger partial charge in [0, 0.05) is 31.8 Å². The third-order valence-corrected chi connectivity index (χ3v) is 4.79. The summed E-state index contributed by atoms with van der Waals surface area (Å²) in [5.41, 5.74) is 4.37. The Hall–Kier alpha value is -3.41. The normalized spacial score (nSPS) is 11.0. The van der Waals surface area contributed by atoms with Crippen molar-refractivity contribution >= 4 is 17.0 Å². The van der Waals surface area contributed by atoms with Gasteiger partial charge >= 0.3 is 0 Å². The standard InChI is InChI=1S/C22H22N4O2/c1-26(12-11-17-14-23-24-15-17)22(27)18-8-9-20-19(13-18)25-21(28-20)10-7-16-5-3-2-4-6-16/h2-6,8-9,13-15H,7,10-12H2,1H3,(H,23,24). The molecule has 2 aromatic heterocycles. The molecule has 4 rings (SSSR count). The maximum absolute atomic E-state index is 12.7. The predicted molar refractivity (Wildman–Crippen MR) is 107 cm³/mol. The van der Waals surface area contributed by atoms with Crippen LogP contribution in [0.3, 0.4) is 0 Å². The molecule has 0 fully saturated rings. The Morgan fingerprint density at radius 3 is 2.71 bits per heavy atom. The molecule has 6 heteroatoms. The molecule has 0 unspecified atom stereocenters. The van der Waals surface area contributed by atoms with Gasteiger partial charge in [-0.2, -0.15) is 5.10 Å². The van der Waals surface area contributed by atoms with E-state index in [9.17, 15) is 4.79 Å². The molecule has 6 nitrogen and oxygen atoms in total. The van der Waals surface area contributed by atoms with Crippen LogP contribution in [0.15, 0.2) is 65.3 Å². The molecule has 2 heterocycles. The molecule has 0 radical (unpaired) electrons. The summed E-state index contributed by atoms with van der Waals surface area (Å²) >= 11 is 0. The van der Waals surface area contributed by atoms with Crippen LogP contribution in [0.25, 0.3) is 11.1 Å². The van der Waals surface area contributed by atoms with E-state index in [1.54, 1.807) is 24.2 Å². The Morgan fingerprint density at radius 1 is 1.07 bits per heavy atom. The zero-order valence-electron chi connectivity index (χ0n) is 15.8. The second-order valence-corrected chi connectivity index (χ2v) is 6.86. The van der Waals surface area contributed by atoms with E-state index in [0.29, 0.717) is 23.6 Å². The van der Waals surface area contributed by atoms with Crippen molar-refractivity contribution < 1.29 is 9.21 Å². The van der Waals surface area contributed by atoms with Gasteiger partial charge in [-0.25, -0.2) is 4.98 Å². The van der Waals surface area contributed by atoms with Crippen molar-refractivity contribution in [3.05, 3.63) is 83.5 Å². The van der Waals surface area contributed by atoms with Gasteiger partial charge < -0.3 is 9.32 Å². The molecule has 142 valence electrons. The highest BCUT2D eigenvalue weighted by molar-refractivity contribution is 5.97. The number of aromatic amines is 1. The quantitative estimate of drug-likeness (QED) is 0.536. The Balaban J connectivity index is 1.42. The lowest BCUT2D eigenvalue weighted by Crippen LogP contribution is -2.28. The highest BCUT2D eigenvalue weighted by Gasteiger charge is 2.14. The number of H-pyrrole nitrogens is 1. The van der Waals surface area contributed by atoms with Crippen molar-refractivity contribution in [2.75, 3.05) is 13.6 Å². The lowest BCUT2D eigenvalue weighted by atomic mass is 10.1. The Bertz CT molecular complexity index is 1050. The molecule has 0 aliphatic rings. The zero-order chi connectivity index (χ0) is 19.3. The van der Waals surface area contributed by atoms with Gasteiger partial charge in [-0.05, 0) is 42.2 Å². The van der Waals surface area contributed by atoms with E-state index in [-0.39, 0.29) is 5.91 Å².